The highest BCUT2D eigenvalue weighted by Gasteiger charge is 2.24. The highest BCUT2D eigenvalue weighted by atomic mass is 15.3. The molecule has 5 nitrogen and oxygen atoms in total. The molecular formula is C13H23N5. The van der Waals surface area contributed by atoms with E-state index in [0.717, 1.165) is 30.3 Å². The second kappa shape index (κ2) is 5.10. The normalized spacial score (nSPS) is 20.5. The number of aryl methyl sites for hydroxylation is 1. The Hall–Kier alpha value is -1.36. The summed E-state index contributed by atoms with van der Waals surface area (Å²) in [5.41, 5.74) is 6.93. The lowest BCUT2D eigenvalue weighted by molar-refractivity contribution is 0.257. The van der Waals surface area contributed by atoms with Crippen LogP contribution in [0.4, 0.5) is 11.6 Å². The van der Waals surface area contributed by atoms with Crippen molar-refractivity contribution in [2.45, 2.75) is 32.7 Å². The van der Waals surface area contributed by atoms with E-state index in [1.165, 1.54) is 12.8 Å². The Labute approximate surface area is 109 Å². The standard InChI is InChI=1S/C13H23N5/c1-9-12(14)15-10(2)16-13(9)18-7-5-6-11(8-18)17(3)4/h11H,5-8H2,1-4H3,(H2,14,15,16). The minimum atomic E-state index is 0.592. The maximum atomic E-state index is 5.93. The molecule has 2 heterocycles. The molecule has 0 spiro atoms. The van der Waals surface area contributed by atoms with Crippen LogP contribution in [0.5, 0.6) is 0 Å². The summed E-state index contributed by atoms with van der Waals surface area (Å²) < 4.78 is 0. The van der Waals surface area contributed by atoms with Gasteiger partial charge in [-0.2, -0.15) is 0 Å². The number of nitrogens with two attached hydrogens (primary N) is 1. The number of hydrogen-bond donors (Lipinski definition) is 1. The number of anilines is 2. The lowest BCUT2D eigenvalue weighted by Gasteiger charge is -2.37. The average molecular weight is 249 g/mol. The van der Waals surface area contributed by atoms with E-state index in [-0.39, 0.29) is 0 Å². The number of likely N-dealkylation sites (N-methyl/N-ethyl adjacent to an activating group) is 1. The summed E-state index contributed by atoms with van der Waals surface area (Å²) in [7, 11) is 4.28. The summed E-state index contributed by atoms with van der Waals surface area (Å²) in [4.78, 5) is 13.4. The summed E-state index contributed by atoms with van der Waals surface area (Å²) in [6.45, 7) is 5.97. The zero-order chi connectivity index (χ0) is 13.3. The van der Waals surface area contributed by atoms with Gasteiger partial charge in [0.25, 0.3) is 0 Å². The predicted octanol–water partition coefficient (Wildman–Crippen LogP) is 1.21. The van der Waals surface area contributed by atoms with E-state index < -0.39 is 0 Å². The molecule has 1 aliphatic heterocycles. The SMILES string of the molecule is Cc1nc(N)c(C)c(N2CCCC(N(C)C)C2)n1. The van der Waals surface area contributed by atoms with Gasteiger partial charge >= 0.3 is 0 Å². The van der Waals surface area contributed by atoms with Crippen molar-refractivity contribution in [3.05, 3.63) is 11.4 Å². The van der Waals surface area contributed by atoms with Crippen molar-refractivity contribution >= 4 is 11.6 Å². The highest BCUT2D eigenvalue weighted by Crippen LogP contribution is 2.25. The first kappa shape index (κ1) is 13.1. The van der Waals surface area contributed by atoms with Gasteiger partial charge in [-0.25, -0.2) is 9.97 Å². The Bertz CT molecular complexity index is 430. The lowest BCUT2D eigenvalue weighted by atomic mass is 10.0. The third-order valence-electron chi connectivity index (χ3n) is 3.70. The molecule has 0 aliphatic carbocycles. The fourth-order valence-corrected chi connectivity index (χ4v) is 2.51. The van der Waals surface area contributed by atoms with Crippen LogP contribution in [-0.4, -0.2) is 48.1 Å². The molecule has 0 amide bonds. The Morgan fingerprint density at radius 1 is 1.28 bits per heavy atom. The first-order valence-electron chi connectivity index (χ1n) is 6.51. The molecule has 1 aromatic heterocycles. The van der Waals surface area contributed by atoms with Gasteiger partial charge < -0.3 is 15.5 Å². The Balaban J connectivity index is 2.26. The fraction of sp³-hybridized carbons (Fsp3) is 0.692. The number of aromatic nitrogens is 2. The summed E-state index contributed by atoms with van der Waals surface area (Å²) >= 11 is 0. The highest BCUT2D eigenvalue weighted by molar-refractivity contribution is 5.56. The van der Waals surface area contributed by atoms with E-state index in [2.05, 4.69) is 33.9 Å². The molecular weight excluding hydrogens is 226 g/mol. The van der Waals surface area contributed by atoms with Crippen LogP contribution < -0.4 is 10.6 Å². The third-order valence-corrected chi connectivity index (χ3v) is 3.70. The number of piperidine rings is 1. The van der Waals surface area contributed by atoms with Gasteiger partial charge in [0.15, 0.2) is 0 Å². The van der Waals surface area contributed by atoms with E-state index in [4.69, 9.17) is 5.73 Å². The molecule has 2 rings (SSSR count). The Morgan fingerprint density at radius 2 is 2.00 bits per heavy atom. The number of hydrogen-bond acceptors (Lipinski definition) is 5. The molecule has 0 saturated carbocycles. The summed E-state index contributed by atoms with van der Waals surface area (Å²) in [6.07, 6.45) is 2.45. The van der Waals surface area contributed by atoms with Gasteiger partial charge in [0.05, 0.1) is 0 Å². The van der Waals surface area contributed by atoms with E-state index in [0.29, 0.717) is 11.9 Å². The third kappa shape index (κ3) is 2.56. The fourth-order valence-electron chi connectivity index (χ4n) is 2.51. The second-order valence-electron chi connectivity index (χ2n) is 5.31. The van der Waals surface area contributed by atoms with Crippen LogP contribution in [0.15, 0.2) is 0 Å². The Kier molecular flexibility index (Phi) is 3.71. The monoisotopic (exact) mass is 249 g/mol. The van der Waals surface area contributed by atoms with Crippen LogP contribution in [0.3, 0.4) is 0 Å². The molecule has 5 heteroatoms. The van der Waals surface area contributed by atoms with Crippen molar-refractivity contribution in [3.63, 3.8) is 0 Å². The molecule has 1 aromatic rings. The van der Waals surface area contributed by atoms with Crippen molar-refractivity contribution < 1.29 is 0 Å². The van der Waals surface area contributed by atoms with Gasteiger partial charge in [0.2, 0.25) is 0 Å². The molecule has 0 aromatic carbocycles. The molecule has 100 valence electrons. The maximum Gasteiger partial charge on any atom is 0.137 e. The van der Waals surface area contributed by atoms with Crippen molar-refractivity contribution in [1.82, 2.24) is 14.9 Å². The first-order chi connectivity index (χ1) is 8.49. The van der Waals surface area contributed by atoms with Crippen LogP contribution in [0.25, 0.3) is 0 Å². The number of rotatable bonds is 2. The van der Waals surface area contributed by atoms with E-state index in [1.54, 1.807) is 0 Å². The van der Waals surface area contributed by atoms with Crippen molar-refractivity contribution in [2.75, 3.05) is 37.8 Å². The second-order valence-corrected chi connectivity index (χ2v) is 5.31. The zero-order valence-corrected chi connectivity index (χ0v) is 11.8. The molecule has 18 heavy (non-hydrogen) atoms. The average Bonchev–Trinajstić information content (AvgIpc) is 2.34. The minimum absolute atomic E-state index is 0.592. The smallest absolute Gasteiger partial charge is 0.137 e. The van der Waals surface area contributed by atoms with Gasteiger partial charge in [-0.1, -0.05) is 0 Å². The topological polar surface area (TPSA) is 58.3 Å². The molecule has 0 bridgehead atoms. The van der Waals surface area contributed by atoms with Gasteiger partial charge in [0, 0.05) is 24.7 Å². The van der Waals surface area contributed by atoms with Gasteiger partial charge in [-0.05, 0) is 40.8 Å². The van der Waals surface area contributed by atoms with Crippen LogP contribution >= 0.6 is 0 Å². The minimum Gasteiger partial charge on any atom is -0.383 e. The molecule has 1 fully saturated rings. The molecule has 1 atom stereocenters. The largest absolute Gasteiger partial charge is 0.383 e. The van der Waals surface area contributed by atoms with Gasteiger partial charge in [-0.15, -0.1) is 0 Å². The molecule has 2 N–H and O–H groups in total. The maximum absolute atomic E-state index is 5.93. The molecule has 1 unspecified atom stereocenters. The summed E-state index contributed by atoms with van der Waals surface area (Å²) in [6, 6.07) is 0.592. The zero-order valence-electron chi connectivity index (χ0n) is 11.8. The van der Waals surface area contributed by atoms with Crippen molar-refractivity contribution in [1.29, 1.82) is 0 Å². The van der Waals surface area contributed by atoms with E-state index in [1.807, 2.05) is 13.8 Å². The van der Waals surface area contributed by atoms with Crippen molar-refractivity contribution in [2.24, 2.45) is 0 Å². The predicted molar refractivity (Wildman–Crippen MR) is 74.8 cm³/mol. The molecule has 1 aliphatic rings. The van der Waals surface area contributed by atoms with Crippen LogP contribution in [-0.2, 0) is 0 Å². The summed E-state index contributed by atoms with van der Waals surface area (Å²) in [5, 5.41) is 0. The Morgan fingerprint density at radius 3 is 2.67 bits per heavy atom. The number of nitrogens with zero attached hydrogens (tertiary/aromatic N) is 4. The van der Waals surface area contributed by atoms with Crippen LogP contribution in [0.2, 0.25) is 0 Å². The van der Waals surface area contributed by atoms with E-state index >= 15 is 0 Å². The van der Waals surface area contributed by atoms with Crippen molar-refractivity contribution in [3.8, 4) is 0 Å². The van der Waals surface area contributed by atoms with Gasteiger partial charge in [0.1, 0.15) is 17.5 Å². The first-order valence-corrected chi connectivity index (χ1v) is 6.51. The van der Waals surface area contributed by atoms with Crippen LogP contribution in [0.1, 0.15) is 24.2 Å². The summed E-state index contributed by atoms with van der Waals surface area (Å²) in [5.74, 6) is 2.36. The van der Waals surface area contributed by atoms with E-state index in [9.17, 15) is 0 Å². The number of nitrogen functional groups attached to an aromatic ring is 1. The quantitative estimate of drug-likeness (QED) is 0.853. The molecule has 1 saturated heterocycles. The lowest BCUT2D eigenvalue weighted by Crippen LogP contribution is -2.45. The van der Waals surface area contributed by atoms with Gasteiger partial charge in [-0.3, -0.25) is 0 Å². The molecule has 0 radical (unpaired) electrons. The van der Waals surface area contributed by atoms with Crippen LogP contribution in [0, 0.1) is 13.8 Å².